The average molecular weight is 1130 g/mol. The molecular weight excluding hydrogens is 1000 g/mol. The van der Waals surface area contributed by atoms with Crippen LogP contribution in [0.5, 0.6) is 0 Å². The minimum atomic E-state index is -1.78. The fourth-order valence-electron chi connectivity index (χ4n) is 11.7. The lowest BCUT2D eigenvalue weighted by Crippen LogP contribution is -2.65. The number of nitrogens with one attached hydrogen (secondary N) is 1. The van der Waals surface area contributed by atoms with Crippen LogP contribution in [0.1, 0.15) is 316 Å². The van der Waals surface area contributed by atoms with Crippen molar-refractivity contribution < 1.29 is 64.6 Å². The Balaban J connectivity index is 1.54. The molecule has 0 aliphatic carbocycles. The number of ether oxygens (including phenoxy) is 4. The Labute approximate surface area is 483 Å². The van der Waals surface area contributed by atoms with Gasteiger partial charge in [0.05, 0.1) is 32.0 Å². The molecule has 2 saturated heterocycles. The molecule has 470 valence electrons. The summed E-state index contributed by atoms with van der Waals surface area (Å²) in [5.41, 5.74) is 0. The first-order valence-electron chi connectivity index (χ1n) is 33.8. The van der Waals surface area contributed by atoms with Gasteiger partial charge in [-0.05, 0) is 12.8 Å². The maximum Gasteiger partial charge on any atom is 0.220 e. The Morgan fingerprint density at radius 2 is 0.722 bits per heavy atom. The second-order valence-electron chi connectivity index (χ2n) is 24.3. The van der Waals surface area contributed by atoms with Gasteiger partial charge in [0.25, 0.3) is 0 Å². The van der Waals surface area contributed by atoms with Crippen LogP contribution in [0.25, 0.3) is 0 Å². The van der Waals surface area contributed by atoms with E-state index in [1.807, 2.05) is 0 Å². The van der Waals surface area contributed by atoms with Gasteiger partial charge in [-0.1, -0.05) is 296 Å². The summed E-state index contributed by atoms with van der Waals surface area (Å²) in [5.74, 6) is -0.201. The zero-order valence-corrected chi connectivity index (χ0v) is 50.9. The molecule has 9 N–H and O–H groups in total. The van der Waals surface area contributed by atoms with E-state index in [1.54, 1.807) is 0 Å². The lowest BCUT2D eigenvalue weighted by molar-refractivity contribution is -0.359. The van der Waals surface area contributed by atoms with E-state index < -0.39 is 86.8 Å². The van der Waals surface area contributed by atoms with Gasteiger partial charge in [0.1, 0.15) is 48.8 Å². The minimum Gasteiger partial charge on any atom is -0.394 e. The molecular formula is C65H127NO13. The number of hydrogen-bond donors (Lipinski definition) is 9. The normalized spacial score (nSPS) is 24.3. The highest BCUT2D eigenvalue weighted by atomic mass is 16.7. The smallest absolute Gasteiger partial charge is 0.220 e. The number of carbonyl (C=O) groups excluding carboxylic acids is 1. The molecule has 0 spiro atoms. The zero-order valence-electron chi connectivity index (χ0n) is 50.9. The Bertz CT molecular complexity index is 1330. The summed E-state index contributed by atoms with van der Waals surface area (Å²) in [6, 6.07) is -0.822. The molecule has 12 unspecified atom stereocenters. The predicted molar refractivity (Wildman–Crippen MR) is 319 cm³/mol. The van der Waals surface area contributed by atoms with Crippen molar-refractivity contribution in [3.8, 4) is 0 Å². The molecule has 1 amide bonds. The molecule has 0 aromatic rings. The van der Waals surface area contributed by atoms with E-state index in [1.165, 1.54) is 238 Å². The van der Waals surface area contributed by atoms with Crippen LogP contribution in [-0.2, 0) is 23.7 Å². The molecule has 0 bridgehead atoms. The van der Waals surface area contributed by atoms with Crippen molar-refractivity contribution in [2.75, 3.05) is 19.8 Å². The van der Waals surface area contributed by atoms with E-state index in [0.29, 0.717) is 12.8 Å². The highest BCUT2D eigenvalue weighted by molar-refractivity contribution is 5.76. The van der Waals surface area contributed by atoms with E-state index in [9.17, 15) is 45.6 Å². The largest absolute Gasteiger partial charge is 0.394 e. The van der Waals surface area contributed by atoms with Crippen molar-refractivity contribution in [1.29, 1.82) is 0 Å². The number of aliphatic hydroxyl groups is 8. The number of rotatable bonds is 56. The van der Waals surface area contributed by atoms with Crippen LogP contribution in [0.4, 0.5) is 0 Å². The van der Waals surface area contributed by atoms with Gasteiger partial charge >= 0.3 is 0 Å². The van der Waals surface area contributed by atoms with Crippen molar-refractivity contribution in [2.24, 2.45) is 0 Å². The summed E-state index contributed by atoms with van der Waals surface area (Å²) in [7, 11) is 0. The summed E-state index contributed by atoms with van der Waals surface area (Å²) in [5, 5.41) is 87.1. The lowest BCUT2D eigenvalue weighted by atomic mass is 9.97. The third-order valence-electron chi connectivity index (χ3n) is 17.1. The van der Waals surface area contributed by atoms with Gasteiger partial charge in [-0.2, -0.15) is 0 Å². The molecule has 0 aromatic carbocycles. The van der Waals surface area contributed by atoms with E-state index in [2.05, 4.69) is 19.2 Å². The first kappa shape index (κ1) is 74.1. The highest BCUT2D eigenvalue weighted by Gasteiger charge is 2.51. The molecule has 79 heavy (non-hydrogen) atoms. The Hall–Kier alpha value is -1.01. The van der Waals surface area contributed by atoms with Crippen LogP contribution in [0.2, 0.25) is 0 Å². The monoisotopic (exact) mass is 1130 g/mol. The summed E-state index contributed by atoms with van der Waals surface area (Å²) in [6.07, 6.45) is 43.1. The quantitative estimate of drug-likeness (QED) is 0.0259. The van der Waals surface area contributed by atoms with Crippen molar-refractivity contribution in [2.45, 2.75) is 389 Å². The summed E-state index contributed by atoms with van der Waals surface area (Å²) in [4.78, 5) is 13.3. The summed E-state index contributed by atoms with van der Waals surface area (Å²) in [6.45, 7) is 2.88. The number of unbranched alkanes of at least 4 members (excludes halogenated alkanes) is 43. The zero-order chi connectivity index (χ0) is 57.4. The maximum atomic E-state index is 13.3. The van der Waals surface area contributed by atoms with Gasteiger partial charge in [0.2, 0.25) is 5.91 Å². The van der Waals surface area contributed by atoms with Crippen LogP contribution in [0.15, 0.2) is 0 Å². The average Bonchev–Trinajstić information content (AvgIpc) is 3.47. The van der Waals surface area contributed by atoms with Gasteiger partial charge in [-0.15, -0.1) is 0 Å². The SMILES string of the molecule is CCCCCCCCCCCCCCCCCCCCCCCCCCCCCCCCCCCCCC(=O)NC(COC1OC(CO)C(OC2OC(CO)C(O)C(O)C2O)C(O)C1O)C(O)CCCCCCCCCCCC. The van der Waals surface area contributed by atoms with E-state index >= 15 is 0 Å². The third-order valence-corrected chi connectivity index (χ3v) is 17.1. The van der Waals surface area contributed by atoms with Gasteiger partial charge in [-0.25, -0.2) is 0 Å². The molecule has 2 aliphatic heterocycles. The van der Waals surface area contributed by atoms with Crippen LogP contribution in [-0.4, -0.2) is 140 Å². The first-order chi connectivity index (χ1) is 38.6. The molecule has 0 radical (unpaired) electrons. The molecule has 14 heteroatoms. The van der Waals surface area contributed by atoms with Crippen LogP contribution < -0.4 is 5.32 Å². The maximum absolute atomic E-state index is 13.3. The standard InChI is InChI=1S/C65H127NO13/c1-3-5-7-9-11-13-15-16-17-18-19-20-21-22-23-24-25-26-27-28-29-30-31-32-33-34-35-36-37-38-39-41-43-45-47-49-57(70)66-53(54(69)48-46-44-42-40-14-12-10-8-6-4-2)52-76-64-62(75)60(73)63(56(51-68)78-64)79-65-61(74)59(72)58(71)55(50-67)77-65/h53-56,58-65,67-69,71-75H,3-52H2,1-2H3,(H,66,70). The first-order valence-corrected chi connectivity index (χ1v) is 33.8. The Kier molecular flexibility index (Phi) is 48.2. The van der Waals surface area contributed by atoms with Crippen molar-refractivity contribution >= 4 is 5.91 Å². The number of amides is 1. The molecule has 0 aromatic heterocycles. The fourth-order valence-corrected chi connectivity index (χ4v) is 11.7. The number of hydrogen-bond acceptors (Lipinski definition) is 13. The second kappa shape index (κ2) is 51.4. The molecule has 2 rings (SSSR count). The van der Waals surface area contributed by atoms with Crippen molar-refractivity contribution in [3.05, 3.63) is 0 Å². The van der Waals surface area contributed by atoms with Gasteiger partial charge in [-0.3, -0.25) is 4.79 Å². The van der Waals surface area contributed by atoms with E-state index in [4.69, 9.17) is 18.9 Å². The molecule has 2 heterocycles. The van der Waals surface area contributed by atoms with Gasteiger partial charge in [0.15, 0.2) is 12.6 Å². The minimum absolute atomic E-state index is 0.201. The van der Waals surface area contributed by atoms with E-state index in [-0.39, 0.29) is 12.5 Å². The van der Waals surface area contributed by atoms with Crippen LogP contribution in [0.3, 0.4) is 0 Å². The molecule has 2 fully saturated rings. The highest BCUT2D eigenvalue weighted by Crippen LogP contribution is 2.30. The van der Waals surface area contributed by atoms with Crippen molar-refractivity contribution in [1.82, 2.24) is 5.32 Å². The molecule has 12 atom stereocenters. The Morgan fingerprint density at radius 3 is 1.08 bits per heavy atom. The molecule has 2 aliphatic rings. The molecule has 0 saturated carbocycles. The lowest BCUT2D eigenvalue weighted by Gasteiger charge is -2.46. The second-order valence-corrected chi connectivity index (χ2v) is 24.3. The van der Waals surface area contributed by atoms with E-state index in [0.717, 1.165) is 51.4 Å². The summed E-state index contributed by atoms with van der Waals surface area (Å²) < 4.78 is 22.8. The van der Waals surface area contributed by atoms with Crippen LogP contribution in [0, 0.1) is 0 Å². The predicted octanol–water partition coefficient (Wildman–Crippen LogP) is 12.8. The van der Waals surface area contributed by atoms with Crippen molar-refractivity contribution in [3.63, 3.8) is 0 Å². The van der Waals surface area contributed by atoms with Crippen LogP contribution >= 0.6 is 0 Å². The molecule has 14 nitrogen and oxygen atoms in total. The third kappa shape index (κ3) is 36.4. The number of carbonyl (C=O) groups is 1. The topological polar surface area (TPSA) is 228 Å². The van der Waals surface area contributed by atoms with Gasteiger partial charge < -0.3 is 65.1 Å². The number of aliphatic hydroxyl groups excluding tert-OH is 8. The Morgan fingerprint density at radius 1 is 0.405 bits per heavy atom. The fraction of sp³-hybridized carbons (Fsp3) is 0.985. The summed E-state index contributed by atoms with van der Waals surface area (Å²) >= 11 is 0. The van der Waals surface area contributed by atoms with Gasteiger partial charge in [0, 0.05) is 6.42 Å².